The van der Waals surface area contributed by atoms with Gasteiger partial charge < -0.3 is 19.7 Å². The number of carbonyl (C=O) groups excluding carboxylic acids is 2. The van der Waals surface area contributed by atoms with Crippen LogP contribution in [0.1, 0.15) is 20.3 Å². The molecule has 3 atom stereocenters. The van der Waals surface area contributed by atoms with Crippen molar-refractivity contribution in [3.05, 3.63) is 0 Å². The van der Waals surface area contributed by atoms with Crippen LogP contribution >= 0.6 is 0 Å². The van der Waals surface area contributed by atoms with Crippen LogP contribution in [0, 0.1) is 5.92 Å². The van der Waals surface area contributed by atoms with E-state index in [0.29, 0.717) is 25.7 Å². The van der Waals surface area contributed by atoms with Crippen molar-refractivity contribution in [3.63, 3.8) is 0 Å². The molecule has 0 spiro atoms. The van der Waals surface area contributed by atoms with E-state index >= 15 is 0 Å². The molecule has 18 heavy (non-hydrogen) atoms. The Hall–Kier alpha value is -1.30. The topological polar surface area (TPSA) is 67.9 Å². The van der Waals surface area contributed by atoms with Crippen LogP contribution in [0.15, 0.2) is 0 Å². The van der Waals surface area contributed by atoms with Crippen LogP contribution in [-0.4, -0.2) is 55.3 Å². The Morgan fingerprint density at radius 1 is 1.61 bits per heavy atom. The SMILES string of the molecule is CCOC[C@@H]1CCN(C(=O)[C@@H]2NC(=O)O[C@H]2C)C1. The normalized spacial score (nSPS) is 31.3. The minimum Gasteiger partial charge on any atom is -0.444 e. The number of nitrogens with one attached hydrogen (secondary N) is 1. The van der Waals surface area contributed by atoms with Crippen molar-refractivity contribution in [2.75, 3.05) is 26.3 Å². The van der Waals surface area contributed by atoms with E-state index in [1.165, 1.54) is 0 Å². The summed E-state index contributed by atoms with van der Waals surface area (Å²) in [5.74, 6) is 0.356. The minimum absolute atomic E-state index is 0.0488. The van der Waals surface area contributed by atoms with Gasteiger partial charge in [-0.25, -0.2) is 4.79 Å². The molecule has 0 saturated carbocycles. The van der Waals surface area contributed by atoms with Crippen LogP contribution in [0.2, 0.25) is 0 Å². The van der Waals surface area contributed by atoms with Gasteiger partial charge in [-0.2, -0.15) is 0 Å². The zero-order valence-electron chi connectivity index (χ0n) is 10.8. The van der Waals surface area contributed by atoms with Gasteiger partial charge in [0.15, 0.2) is 0 Å². The number of ether oxygens (including phenoxy) is 2. The highest BCUT2D eigenvalue weighted by Gasteiger charge is 2.40. The quantitative estimate of drug-likeness (QED) is 0.789. The van der Waals surface area contributed by atoms with Crippen molar-refractivity contribution in [1.82, 2.24) is 10.2 Å². The molecule has 2 aliphatic rings. The monoisotopic (exact) mass is 256 g/mol. The molecular formula is C12H20N2O4. The fourth-order valence-electron chi connectivity index (χ4n) is 2.43. The van der Waals surface area contributed by atoms with Gasteiger partial charge in [-0.15, -0.1) is 0 Å². The number of hydrogen-bond donors (Lipinski definition) is 1. The highest BCUT2D eigenvalue weighted by molar-refractivity contribution is 5.88. The van der Waals surface area contributed by atoms with Crippen molar-refractivity contribution in [2.45, 2.75) is 32.4 Å². The maximum atomic E-state index is 12.2. The molecule has 102 valence electrons. The molecule has 2 heterocycles. The number of rotatable bonds is 4. The maximum absolute atomic E-state index is 12.2. The van der Waals surface area contributed by atoms with E-state index in [1.807, 2.05) is 6.92 Å². The molecular weight excluding hydrogens is 236 g/mol. The lowest BCUT2D eigenvalue weighted by molar-refractivity contribution is -0.133. The Kier molecular flexibility index (Phi) is 4.06. The van der Waals surface area contributed by atoms with E-state index in [2.05, 4.69) is 5.32 Å². The molecule has 2 fully saturated rings. The second kappa shape index (κ2) is 5.56. The second-order valence-electron chi connectivity index (χ2n) is 4.83. The zero-order valence-corrected chi connectivity index (χ0v) is 10.8. The Morgan fingerprint density at radius 2 is 2.39 bits per heavy atom. The van der Waals surface area contributed by atoms with E-state index < -0.39 is 18.2 Å². The van der Waals surface area contributed by atoms with Gasteiger partial charge in [0, 0.05) is 25.6 Å². The van der Waals surface area contributed by atoms with Crippen molar-refractivity contribution >= 4 is 12.0 Å². The summed E-state index contributed by atoms with van der Waals surface area (Å²) in [6.45, 7) is 6.53. The van der Waals surface area contributed by atoms with Gasteiger partial charge >= 0.3 is 6.09 Å². The van der Waals surface area contributed by atoms with Crippen LogP contribution in [-0.2, 0) is 14.3 Å². The van der Waals surface area contributed by atoms with Gasteiger partial charge in [0.05, 0.1) is 6.61 Å². The first-order valence-electron chi connectivity index (χ1n) is 6.45. The maximum Gasteiger partial charge on any atom is 0.408 e. The predicted molar refractivity (Wildman–Crippen MR) is 64.0 cm³/mol. The average Bonchev–Trinajstić information content (AvgIpc) is 2.92. The molecule has 0 radical (unpaired) electrons. The first-order chi connectivity index (χ1) is 8.61. The highest BCUT2D eigenvalue weighted by Crippen LogP contribution is 2.20. The predicted octanol–water partition coefficient (Wildman–Crippen LogP) is 0.368. The van der Waals surface area contributed by atoms with E-state index in [9.17, 15) is 9.59 Å². The van der Waals surface area contributed by atoms with Gasteiger partial charge in [-0.3, -0.25) is 4.79 Å². The number of likely N-dealkylation sites (tertiary alicyclic amines) is 1. The van der Waals surface area contributed by atoms with Crippen LogP contribution in [0.25, 0.3) is 0 Å². The zero-order chi connectivity index (χ0) is 13.1. The van der Waals surface area contributed by atoms with Gasteiger partial charge in [0.1, 0.15) is 12.1 Å². The van der Waals surface area contributed by atoms with Crippen molar-refractivity contribution in [3.8, 4) is 0 Å². The molecule has 0 aromatic rings. The van der Waals surface area contributed by atoms with Crippen LogP contribution in [0.3, 0.4) is 0 Å². The summed E-state index contributed by atoms with van der Waals surface area (Å²) in [5, 5.41) is 2.55. The Balaban J connectivity index is 1.85. The van der Waals surface area contributed by atoms with Crippen LogP contribution < -0.4 is 5.32 Å². The molecule has 6 heteroatoms. The molecule has 0 aliphatic carbocycles. The number of alkyl carbamates (subject to hydrolysis) is 1. The molecule has 0 aromatic heterocycles. The van der Waals surface area contributed by atoms with Gasteiger partial charge in [-0.1, -0.05) is 0 Å². The Bertz CT molecular complexity index is 334. The largest absolute Gasteiger partial charge is 0.444 e. The number of cyclic esters (lactones) is 1. The molecule has 2 amide bonds. The number of nitrogens with zero attached hydrogens (tertiary/aromatic N) is 1. The molecule has 0 aromatic carbocycles. The van der Waals surface area contributed by atoms with Crippen molar-refractivity contribution in [1.29, 1.82) is 0 Å². The molecule has 0 unspecified atom stereocenters. The summed E-state index contributed by atoms with van der Waals surface area (Å²) < 4.78 is 10.3. The summed E-state index contributed by atoms with van der Waals surface area (Å²) in [4.78, 5) is 25.1. The fraction of sp³-hybridized carbons (Fsp3) is 0.833. The average molecular weight is 256 g/mol. The standard InChI is InChI=1S/C12H20N2O4/c1-3-17-7-9-4-5-14(6-9)11(15)10-8(2)18-12(16)13-10/h8-10H,3-7H2,1-2H3,(H,13,16)/t8-,9+,10+/m0/s1. The molecule has 2 aliphatic heterocycles. The van der Waals surface area contributed by atoms with Crippen LogP contribution in [0.5, 0.6) is 0 Å². The minimum atomic E-state index is -0.539. The summed E-state index contributed by atoms with van der Waals surface area (Å²) in [5.41, 5.74) is 0. The van der Waals surface area contributed by atoms with E-state index in [4.69, 9.17) is 9.47 Å². The number of carbonyl (C=O) groups is 2. The summed E-state index contributed by atoms with van der Waals surface area (Å²) in [6, 6.07) is -0.539. The van der Waals surface area contributed by atoms with Crippen molar-refractivity contribution < 1.29 is 19.1 Å². The summed E-state index contributed by atoms with van der Waals surface area (Å²) in [6.07, 6.45) is 0.0589. The third-order valence-corrected chi connectivity index (χ3v) is 3.46. The highest BCUT2D eigenvalue weighted by atomic mass is 16.6. The van der Waals surface area contributed by atoms with Crippen LogP contribution in [0.4, 0.5) is 4.79 Å². The number of amides is 2. The van der Waals surface area contributed by atoms with E-state index in [0.717, 1.165) is 13.0 Å². The summed E-state index contributed by atoms with van der Waals surface area (Å²) >= 11 is 0. The molecule has 1 N–H and O–H groups in total. The molecule has 0 bridgehead atoms. The Morgan fingerprint density at radius 3 is 3.00 bits per heavy atom. The van der Waals surface area contributed by atoms with E-state index in [-0.39, 0.29) is 5.91 Å². The lowest BCUT2D eigenvalue weighted by Crippen LogP contribution is -2.47. The van der Waals surface area contributed by atoms with Gasteiger partial charge in [0.2, 0.25) is 5.91 Å². The second-order valence-corrected chi connectivity index (χ2v) is 4.83. The summed E-state index contributed by atoms with van der Waals surface area (Å²) in [7, 11) is 0. The first kappa shape index (κ1) is 13.1. The van der Waals surface area contributed by atoms with Gasteiger partial charge in [0.25, 0.3) is 0 Å². The van der Waals surface area contributed by atoms with Gasteiger partial charge in [-0.05, 0) is 20.3 Å². The third kappa shape index (κ3) is 2.75. The number of hydrogen-bond acceptors (Lipinski definition) is 4. The third-order valence-electron chi connectivity index (χ3n) is 3.46. The molecule has 2 saturated heterocycles. The lowest BCUT2D eigenvalue weighted by Gasteiger charge is -2.21. The smallest absolute Gasteiger partial charge is 0.408 e. The molecule has 2 rings (SSSR count). The Labute approximate surface area is 107 Å². The van der Waals surface area contributed by atoms with E-state index in [1.54, 1.807) is 11.8 Å². The first-order valence-corrected chi connectivity index (χ1v) is 6.45. The molecule has 6 nitrogen and oxygen atoms in total. The fourth-order valence-corrected chi connectivity index (χ4v) is 2.43. The lowest BCUT2D eigenvalue weighted by atomic mass is 10.1. The van der Waals surface area contributed by atoms with Crippen molar-refractivity contribution in [2.24, 2.45) is 5.92 Å².